The number of pyridine rings is 1. The molecule has 0 bridgehead atoms. The fraction of sp³-hybridized carbons (Fsp3) is 0.435. The Morgan fingerprint density at radius 3 is 2.82 bits per heavy atom. The molecule has 150 valence electrons. The van der Waals surface area contributed by atoms with Crippen molar-refractivity contribution in [2.75, 3.05) is 45.6 Å². The van der Waals surface area contributed by atoms with Crippen molar-refractivity contribution in [3.05, 3.63) is 59.3 Å². The van der Waals surface area contributed by atoms with E-state index in [1.807, 2.05) is 30.5 Å². The largest absolute Gasteiger partial charge is 0.384 e. The lowest BCUT2D eigenvalue weighted by atomic mass is 10.0. The number of nitrogens with one attached hydrogen (secondary N) is 2. The Kier molecular flexibility index (Phi) is 7.90. The van der Waals surface area contributed by atoms with Gasteiger partial charge in [0, 0.05) is 47.8 Å². The predicted molar refractivity (Wildman–Crippen MR) is 121 cm³/mol. The summed E-state index contributed by atoms with van der Waals surface area (Å²) in [6, 6.07) is 7.90. The van der Waals surface area contributed by atoms with Crippen LogP contribution in [0.3, 0.4) is 0 Å². The minimum atomic E-state index is 0.553. The number of anilines is 1. The van der Waals surface area contributed by atoms with Crippen LogP contribution in [0.2, 0.25) is 5.02 Å². The number of nitrogens with zero attached hydrogens (tertiary/aromatic N) is 2. The molecule has 1 unspecified atom stereocenters. The Balaban J connectivity index is 1.30. The first kappa shape index (κ1) is 20.8. The zero-order valence-electron chi connectivity index (χ0n) is 16.9. The fourth-order valence-electron chi connectivity index (χ4n) is 3.60. The SMILES string of the molecule is CN(C)CC1=CC=CC1CNCCCCCNc1ccnc2cc(Cl)ccc12. The van der Waals surface area contributed by atoms with E-state index in [1.54, 1.807) is 0 Å². The summed E-state index contributed by atoms with van der Waals surface area (Å²) >= 11 is 6.05. The lowest BCUT2D eigenvalue weighted by Crippen LogP contribution is -2.26. The van der Waals surface area contributed by atoms with E-state index in [0.717, 1.165) is 54.2 Å². The van der Waals surface area contributed by atoms with Crippen molar-refractivity contribution in [3.8, 4) is 0 Å². The van der Waals surface area contributed by atoms with E-state index < -0.39 is 0 Å². The van der Waals surface area contributed by atoms with E-state index in [0.29, 0.717) is 5.92 Å². The normalized spacial score (nSPS) is 16.1. The van der Waals surface area contributed by atoms with Crippen LogP contribution >= 0.6 is 11.6 Å². The van der Waals surface area contributed by atoms with Crippen molar-refractivity contribution < 1.29 is 0 Å². The molecule has 0 amide bonds. The van der Waals surface area contributed by atoms with Crippen LogP contribution in [0.25, 0.3) is 10.9 Å². The molecule has 1 atom stereocenters. The number of rotatable bonds is 11. The number of allylic oxidation sites excluding steroid dienone is 2. The molecule has 0 aliphatic heterocycles. The van der Waals surface area contributed by atoms with Crippen LogP contribution in [-0.2, 0) is 0 Å². The lowest BCUT2D eigenvalue weighted by molar-refractivity contribution is 0.426. The maximum Gasteiger partial charge on any atom is 0.0737 e. The van der Waals surface area contributed by atoms with Crippen LogP contribution in [0.4, 0.5) is 5.69 Å². The summed E-state index contributed by atoms with van der Waals surface area (Å²) in [6.07, 6.45) is 12.2. The van der Waals surface area contributed by atoms with Crippen LogP contribution in [0.5, 0.6) is 0 Å². The maximum absolute atomic E-state index is 6.05. The third-order valence-electron chi connectivity index (χ3n) is 5.04. The van der Waals surface area contributed by atoms with Gasteiger partial charge in [-0.15, -0.1) is 0 Å². The highest BCUT2D eigenvalue weighted by Gasteiger charge is 2.14. The number of benzene rings is 1. The Morgan fingerprint density at radius 2 is 1.96 bits per heavy atom. The Labute approximate surface area is 173 Å². The van der Waals surface area contributed by atoms with Gasteiger partial charge in [0.05, 0.1) is 5.52 Å². The highest BCUT2D eigenvalue weighted by atomic mass is 35.5. The number of likely N-dealkylation sites (N-methyl/N-ethyl adjacent to an activating group) is 1. The van der Waals surface area contributed by atoms with Crippen molar-refractivity contribution in [1.29, 1.82) is 0 Å². The second-order valence-corrected chi connectivity index (χ2v) is 8.12. The third kappa shape index (κ3) is 6.06. The minimum absolute atomic E-state index is 0.553. The van der Waals surface area contributed by atoms with Gasteiger partial charge in [0.1, 0.15) is 0 Å². The van der Waals surface area contributed by atoms with E-state index in [1.165, 1.54) is 18.4 Å². The molecule has 3 rings (SSSR count). The van der Waals surface area contributed by atoms with E-state index in [-0.39, 0.29) is 0 Å². The van der Waals surface area contributed by atoms with Crippen LogP contribution in [0.1, 0.15) is 19.3 Å². The summed E-state index contributed by atoms with van der Waals surface area (Å²) in [5.74, 6) is 0.553. The number of halogens is 1. The Morgan fingerprint density at radius 1 is 1.11 bits per heavy atom. The third-order valence-corrected chi connectivity index (χ3v) is 5.28. The molecule has 5 heteroatoms. The van der Waals surface area contributed by atoms with Crippen LogP contribution in [0, 0.1) is 5.92 Å². The van der Waals surface area contributed by atoms with Gasteiger partial charge >= 0.3 is 0 Å². The van der Waals surface area contributed by atoms with Crippen molar-refractivity contribution >= 4 is 28.2 Å². The van der Waals surface area contributed by atoms with Crippen molar-refractivity contribution in [3.63, 3.8) is 0 Å². The van der Waals surface area contributed by atoms with Crippen molar-refractivity contribution in [1.82, 2.24) is 15.2 Å². The first-order chi connectivity index (χ1) is 13.6. The molecule has 1 aliphatic rings. The first-order valence-electron chi connectivity index (χ1n) is 10.1. The van der Waals surface area contributed by atoms with Gasteiger partial charge in [-0.25, -0.2) is 0 Å². The van der Waals surface area contributed by atoms with Gasteiger partial charge in [-0.2, -0.15) is 0 Å². The number of unbranched alkanes of at least 4 members (excludes halogenated alkanes) is 2. The van der Waals surface area contributed by atoms with Gasteiger partial charge in [-0.05, 0) is 63.3 Å². The van der Waals surface area contributed by atoms with Gasteiger partial charge in [0.2, 0.25) is 0 Å². The standard InChI is InChI=1S/C23H31ClN4/c1-28(2)17-19-8-6-7-18(19)16-25-12-4-3-5-13-26-22-11-14-27-23-15-20(24)9-10-21(22)23/h6-11,14-15,18,25H,3-5,12-13,16-17H2,1-2H3,(H,26,27). The highest BCUT2D eigenvalue weighted by molar-refractivity contribution is 6.31. The molecule has 0 saturated heterocycles. The highest BCUT2D eigenvalue weighted by Crippen LogP contribution is 2.24. The molecule has 1 aliphatic carbocycles. The van der Waals surface area contributed by atoms with Crippen LogP contribution in [0.15, 0.2) is 54.3 Å². The fourth-order valence-corrected chi connectivity index (χ4v) is 3.77. The summed E-state index contributed by atoms with van der Waals surface area (Å²) < 4.78 is 0. The van der Waals surface area contributed by atoms with E-state index >= 15 is 0 Å². The van der Waals surface area contributed by atoms with Gasteiger partial charge in [-0.1, -0.05) is 36.2 Å². The number of hydrogen-bond donors (Lipinski definition) is 2. The van der Waals surface area contributed by atoms with E-state index in [4.69, 9.17) is 11.6 Å². The van der Waals surface area contributed by atoms with Crippen molar-refractivity contribution in [2.45, 2.75) is 19.3 Å². The average molecular weight is 399 g/mol. The summed E-state index contributed by atoms with van der Waals surface area (Å²) in [6.45, 7) is 4.14. The Hall–Kier alpha value is -1.88. The zero-order chi connectivity index (χ0) is 19.8. The topological polar surface area (TPSA) is 40.2 Å². The van der Waals surface area contributed by atoms with Crippen LogP contribution < -0.4 is 10.6 Å². The molecule has 1 aromatic carbocycles. The molecule has 4 nitrogen and oxygen atoms in total. The molecule has 1 heterocycles. The van der Waals surface area contributed by atoms with Gasteiger partial charge < -0.3 is 15.5 Å². The maximum atomic E-state index is 6.05. The molecule has 0 spiro atoms. The smallest absolute Gasteiger partial charge is 0.0737 e. The number of fused-ring (bicyclic) bond motifs is 1. The van der Waals surface area contributed by atoms with Gasteiger partial charge in [0.25, 0.3) is 0 Å². The molecule has 2 aromatic rings. The summed E-state index contributed by atoms with van der Waals surface area (Å²) in [7, 11) is 4.25. The first-order valence-corrected chi connectivity index (χ1v) is 10.5. The molecule has 0 fully saturated rings. The average Bonchev–Trinajstić information content (AvgIpc) is 3.09. The zero-order valence-corrected chi connectivity index (χ0v) is 17.7. The molecular weight excluding hydrogens is 368 g/mol. The van der Waals surface area contributed by atoms with Gasteiger partial charge in [-0.3, -0.25) is 4.98 Å². The molecule has 2 N–H and O–H groups in total. The Bertz CT molecular complexity index is 828. The number of hydrogen-bond acceptors (Lipinski definition) is 4. The molecule has 28 heavy (non-hydrogen) atoms. The monoisotopic (exact) mass is 398 g/mol. The second-order valence-electron chi connectivity index (χ2n) is 7.68. The predicted octanol–water partition coefficient (Wildman–Crippen LogP) is 4.73. The van der Waals surface area contributed by atoms with E-state index in [2.05, 4.69) is 52.8 Å². The summed E-state index contributed by atoms with van der Waals surface area (Å²) in [5.41, 5.74) is 3.57. The summed E-state index contributed by atoms with van der Waals surface area (Å²) in [4.78, 5) is 6.63. The quantitative estimate of drug-likeness (QED) is 0.536. The molecule has 0 saturated carbocycles. The number of aromatic nitrogens is 1. The summed E-state index contributed by atoms with van der Waals surface area (Å²) in [5, 5.41) is 9.01. The minimum Gasteiger partial charge on any atom is -0.384 e. The van der Waals surface area contributed by atoms with Gasteiger partial charge in [0.15, 0.2) is 0 Å². The molecule has 1 aromatic heterocycles. The molecular formula is C23H31ClN4. The van der Waals surface area contributed by atoms with Crippen LogP contribution in [-0.4, -0.2) is 50.2 Å². The van der Waals surface area contributed by atoms with E-state index in [9.17, 15) is 0 Å². The second kappa shape index (κ2) is 10.6. The lowest BCUT2D eigenvalue weighted by Gasteiger charge is -2.18. The van der Waals surface area contributed by atoms with Crippen molar-refractivity contribution in [2.24, 2.45) is 5.92 Å². The molecule has 0 radical (unpaired) electrons.